The van der Waals surface area contributed by atoms with E-state index in [1.54, 1.807) is 0 Å². The van der Waals surface area contributed by atoms with Gasteiger partial charge in [0, 0.05) is 6.54 Å². The van der Waals surface area contributed by atoms with E-state index in [4.69, 9.17) is 4.42 Å². The largest absolute Gasteiger partial charge is 0.465 e. The maximum Gasteiger partial charge on any atom is 0.117 e. The summed E-state index contributed by atoms with van der Waals surface area (Å²) < 4.78 is 5.54. The fourth-order valence-corrected chi connectivity index (χ4v) is 2.67. The first-order valence-corrected chi connectivity index (χ1v) is 7.22. The van der Waals surface area contributed by atoms with Gasteiger partial charge in [0.2, 0.25) is 0 Å². The highest BCUT2D eigenvalue weighted by molar-refractivity contribution is 5.05. The SMILES string of the molecule is Cc1ccc(CNCC(C)CN2CCCCC2)o1. The minimum absolute atomic E-state index is 0.708. The standard InChI is InChI=1S/C15H26N2O/c1-13(12-17-8-4-3-5-9-17)10-16-11-15-7-6-14(2)18-15/h6-7,13,16H,3-5,8-12H2,1-2H3. The Morgan fingerprint density at radius 2 is 2.06 bits per heavy atom. The average Bonchev–Trinajstić information content (AvgIpc) is 2.76. The van der Waals surface area contributed by atoms with Crippen molar-refractivity contribution in [3.05, 3.63) is 23.7 Å². The van der Waals surface area contributed by atoms with E-state index in [0.29, 0.717) is 5.92 Å². The number of furan rings is 1. The number of hydrogen-bond donors (Lipinski definition) is 1. The summed E-state index contributed by atoms with van der Waals surface area (Å²) in [5.41, 5.74) is 0. The molecule has 1 N–H and O–H groups in total. The number of aryl methyl sites for hydroxylation is 1. The Hall–Kier alpha value is -0.800. The molecular formula is C15H26N2O. The summed E-state index contributed by atoms with van der Waals surface area (Å²) in [5, 5.41) is 3.48. The van der Waals surface area contributed by atoms with Gasteiger partial charge in [0.25, 0.3) is 0 Å². The molecule has 3 nitrogen and oxygen atoms in total. The Balaban J connectivity index is 1.60. The molecule has 1 fully saturated rings. The van der Waals surface area contributed by atoms with Crippen LogP contribution in [0.4, 0.5) is 0 Å². The number of likely N-dealkylation sites (tertiary alicyclic amines) is 1. The summed E-state index contributed by atoms with van der Waals surface area (Å²) >= 11 is 0. The van der Waals surface area contributed by atoms with E-state index in [1.165, 1.54) is 38.9 Å². The Bertz CT molecular complexity index is 342. The molecule has 102 valence electrons. The van der Waals surface area contributed by atoms with Crippen molar-refractivity contribution in [1.29, 1.82) is 0 Å². The Kier molecular flexibility index (Phi) is 5.26. The third-order valence-electron chi connectivity index (χ3n) is 3.61. The van der Waals surface area contributed by atoms with Crippen LogP contribution in [0.3, 0.4) is 0 Å². The van der Waals surface area contributed by atoms with Crippen LogP contribution in [0.5, 0.6) is 0 Å². The van der Waals surface area contributed by atoms with Crippen molar-refractivity contribution in [3.8, 4) is 0 Å². The van der Waals surface area contributed by atoms with Gasteiger partial charge in [0.1, 0.15) is 11.5 Å². The normalized spacial score (nSPS) is 19.0. The fourth-order valence-electron chi connectivity index (χ4n) is 2.67. The molecule has 1 aromatic rings. The second-order valence-electron chi connectivity index (χ2n) is 5.61. The first kappa shape index (κ1) is 13.6. The summed E-state index contributed by atoms with van der Waals surface area (Å²) in [5.74, 6) is 2.74. The van der Waals surface area contributed by atoms with E-state index in [9.17, 15) is 0 Å². The zero-order valence-corrected chi connectivity index (χ0v) is 11.7. The Morgan fingerprint density at radius 3 is 2.72 bits per heavy atom. The van der Waals surface area contributed by atoms with Crippen LogP contribution >= 0.6 is 0 Å². The van der Waals surface area contributed by atoms with Crippen molar-refractivity contribution < 1.29 is 4.42 Å². The van der Waals surface area contributed by atoms with Gasteiger partial charge in [-0.1, -0.05) is 13.3 Å². The molecule has 1 aromatic heterocycles. The summed E-state index contributed by atoms with van der Waals surface area (Å²) in [6, 6.07) is 4.08. The molecule has 0 radical (unpaired) electrons. The lowest BCUT2D eigenvalue weighted by molar-refractivity contribution is 0.198. The molecule has 1 unspecified atom stereocenters. The molecule has 0 saturated carbocycles. The number of rotatable bonds is 6. The quantitative estimate of drug-likeness (QED) is 0.841. The van der Waals surface area contributed by atoms with E-state index in [0.717, 1.165) is 24.6 Å². The van der Waals surface area contributed by atoms with Gasteiger partial charge in [0.15, 0.2) is 0 Å². The van der Waals surface area contributed by atoms with Gasteiger partial charge in [-0.25, -0.2) is 0 Å². The zero-order valence-electron chi connectivity index (χ0n) is 11.7. The minimum Gasteiger partial charge on any atom is -0.465 e. The van der Waals surface area contributed by atoms with E-state index >= 15 is 0 Å². The average molecular weight is 250 g/mol. The van der Waals surface area contributed by atoms with Gasteiger partial charge >= 0.3 is 0 Å². The molecule has 1 saturated heterocycles. The van der Waals surface area contributed by atoms with Crippen molar-refractivity contribution >= 4 is 0 Å². The van der Waals surface area contributed by atoms with Crippen LogP contribution < -0.4 is 5.32 Å². The molecule has 2 heterocycles. The van der Waals surface area contributed by atoms with Crippen LogP contribution in [0.2, 0.25) is 0 Å². The van der Waals surface area contributed by atoms with E-state index in [-0.39, 0.29) is 0 Å². The van der Waals surface area contributed by atoms with Gasteiger partial charge in [0.05, 0.1) is 6.54 Å². The summed E-state index contributed by atoms with van der Waals surface area (Å²) in [6.07, 6.45) is 4.18. The van der Waals surface area contributed by atoms with E-state index in [1.807, 2.05) is 13.0 Å². The smallest absolute Gasteiger partial charge is 0.117 e. The van der Waals surface area contributed by atoms with E-state index < -0.39 is 0 Å². The monoisotopic (exact) mass is 250 g/mol. The van der Waals surface area contributed by atoms with Crippen molar-refractivity contribution in [2.24, 2.45) is 5.92 Å². The van der Waals surface area contributed by atoms with Crippen molar-refractivity contribution in [2.75, 3.05) is 26.2 Å². The van der Waals surface area contributed by atoms with E-state index in [2.05, 4.69) is 23.2 Å². The number of piperidine rings is 1. The maximum absolute atomic E-state index is 5.54. The number of hydrogen-bond acceptors (Lipinski definition) is 3. The molecule has 1 aliphatic rings. The number of nitrogens with zero attached hydrogens (tertiary/aromatic N) is 1. The predicted octanol–water partition coefficient (Wildman–Crippen LogP) is 2.80. The van der Waals surface area contributed by atoms with Crippen LogP contribution in [0, 0.1) is 12.8 Å². The molecule has 2 rings (SSSR count). The molecule has 3 heteroatoms. The summed E-state index contributed by atoms with van der Waals surface area (Å²) in [7, 11) is 0. The van der Waals surface area contributed by atoms with Crippen LogP contribution in [0.15, 0.2) is 16.5 Å². The summed E-state index contributed by atoms with van der Waals surface area (Å²) in [6.45, 7) is 10.0. The third-order valence-corrected chi connectivity index (χ3v) is 3.61. The van der Waals surface area contributed by atoms with Gasteiger partial charge in [-0.15, -0.1) is 0 Å². The second kappa shape index (κ2) is 6.95. The van der Waals surface area contributed by atoms with Crippen LogP contribution in [0.25, 0.3) is 0 Å². The van der Waals surface area contributed by atoms with Gasteiger partial charge < -0.3 is 14.6 Å². The number of nitrogens with one attached hydrogen (secondary N) is 1. The lowest BCUT2D eigenvalue weighted by Gasteiger charge is -2.29. The molecule has 0 aromatic carbocycles. The lowest BCUT2D eigenvalue weighted by Crippen LogP contribution is -2.36. The first-order chi connectivity index (χ1) is 8.74. The van der Waals surface area contributed by atoms with Crippen molar-refractivity contribution in [3.63, 3.8) is 0 Å². The highest BCUT2D eigenvalue weighted by atomic mass is 16.3. The fraction of sp³-hybridized carbons (Fsp3) is 0.733. The van der Waals surface area contributed by atoms with Gasteiger partial charge in [-0.2, -0.15) is 0 Å². The zero-order chi connectivity index (χ0) is 12.8. The molecule has 0 amide bonds. The molecule has 18 heavy (non-hydrogen) atoms. The Labute approximate surface area is 111 Å². The minimum atomic E-state index is 0.708. The first-order valence-electron chi connectivity index (χ1n) is 7.22. The molecule has 1 aliphatic heterocycles. The molecule has 0 bridgehead atoms. The topological polar surface area (TPSA) is 28.4 Å². The lowest BCUT2D eigenvalue weighted by atomic mass is 10.1. The molecule has 0 aliphatic carbocycles. The van der Waals surface area contributed by atoms with Crippen LogP contribution in [-0.2, 0) is 6.54 Å². The molecular weight excluding hydrogens is 224 g/mol. The maximum atomic E-state index is 5.54. The van der Waals surface area contributed by atoms with Crippen molar-refractivity contribution in [2.45, 2.75) is 39.7 Å². The highest BCUT2D eigenvalue weighted by Gasteiger charge is 2.13. The van der Waals surface area contributed by atoms with Gasteiger partial charge in [-0.05, 0) is 57.5 Å². The highest BCUT2D eigenvalue weighted by Crippen LogP contribution is 2.11. The third kappa shape index (κ3) is 4.46. The summed E-state index contributed by atoms with van der Waals surface area (Å²) in [4.78, 5) is 2.60. The molecule has 0 spiro atoms. The molecule has 1 atom stereocenters. The van der Waals surface area contributed by atoms with Crippen molar-refractivity contribution in [1.82, 2.24) is 10.2 Å². The van der Waals surface area contributed by atoms with Gasteiger partial charge in [-0.3, -0.25) is 0 Å². The Morgan fingerprint density at radius 1 is 1.28 bits per heavy atom. The van der Waals surface area contributed by atoms with Crippen LogP contribution in [-0.4, -0.2) is 31.1 Å². The van der Waals surface area contributed by atoms with Crippen LogP contribution in [0.1, 0.15) is 37.7 Å². The second-order valence-corrected chi connectivity index (χ2v) is 5.61. The predicted molar refractivity (Wildman–Crippen MR) is 74.6 cm³/mol.